The number of fused-ring (bicyclic) bond motifs is 3. The fraction of sp³-hybridized carbons (Fsp3) is 0.458. The smallest absolute Gasteiger partial charge is 0.255 e. The number of hydrogen-bond donors (Lipinski definition) is 1. The average Bonchev–Trinajstić information content (AvgIpc) is 3.28. The van der Waals surface area contributed by atoms with Crippen molar-refractivity contribution in [3.63, 3.8) is 0 Å². The molecule has 3 nitrogen and oxygen atoms in total. The van der Waals surface area contributed by atoms with Crippen LogP contribution in [0.5, 0.6) is 0 Å². The molecule has 5 rings (SSSR count). The van der Waals surface area contributed by atoms with Gasteiger partial charge in [0.25, 0.3) is 5.91 Å². The summed E-state index contributed by atoms with van der Waals surface area (Å²) in [6.45, 7) is 3.95. The van der Waals surface area contributed by atoms with Crippen molar-refractivity contribution in [3.05, 3.63) is 63.4 Å². The van der Waals surface area contributed by atoms with Crippen molar-refractivity contribution in [3.8, 4) is 0 Å². The third-order valence-corrected chi connectivity index (χ3v) is 7.67. The van der Waals surface area contributed by atoms with Gasteiger partial charge in [-0.05, 0) is 55.9 Å². The van der Waals surface area contributed by atoms with Crippen LogP contribution >= 0.6 is 11.3 Å². The van der Waals surface area contributed by atoms with Crippen LogP contribution in [0.15, 0.2) is 42.5 Å². The molecule has 1 saturated heterocycles. The van der Waals surface area contributed by atoms with E-state index in [-0.39, 0.29) is 11.9 Å². The van der Waals surface area contributed by atoms with Crippen LogP contribution in [0.4, 0.5) is 5.69 Å². The van der Waals surface area contributed by atoms with Gasteiger partial charge in [0.1, 0.15) is 0 Å². The molecule has 0 saturated carbocycles. The SMILES string of the molecule is Cc1ccc(C2Nc3c(C(=O)N4CCCCCC4)cccc3C3C=CCC32)s1. The standard InChI is InChI=1S/C24H28N2OS/c1-16-12-13-21(28-16)23-19-10-6-8-17(19)18-9-7-11-20(22(18)25-23)24(27)26-14-4-2-3-5-15-26/h6-9,11-13,17,19,23,25H,2-5,10,14-15H2,1H3. The molecule has 3 unspecified atom stereocenters. The minimum Gasteiger partial charge on any atom is -0.376 e. The molecule has 0 radical (unpaired) electrons. The molecule has 1 aromatic heterocycles. The highest BCUT2D eigenvalue weighted by atomic mass is 32.1. The maximum atomic E-state index is 13.4. The van der Waals surface area contributed by atoms with Crippen LogP contribution in [0, 0.1) is 12.8 Å². The summed E-state index contributed by atoms with van der Waals surface area (Å²) in [7, 11) is 0. The number of likely N-dealkylation sites (tertiary alicyclic amines) is 1. The lowest BCUT2D eigenvalue weighted by Crippen LogP contribution is -2.35. The van der Waals surface area contributed by atoms with Crippen molar-refractivity contribution in [2.75, 3.05) is 18.4 Å². The Kier molecular flexibility index (Phi) is 4.75. The van der Waals surface area contributed by atoms with Gasteiger partial charge in [-0.1, -0.05) is 37.1 Å². The third kappa shape index (κ3) is 3.08. The monoisotopic (exact) mass is 392 g/mol. The molecule has 1 N–H and O–H groups in total. The molecule has 1 aliphatic carbocycles. The predicted octanol–water partition coefficient (Wildman–Crippen LogP) is 5.90. The lowest BCUT2D eigenvalue weighted by molar-refractivity contribution is 0.0762. The molecule has 28 heavy (non-hydrogen) atoms. The molecule has 1 fully saturated rings. The Morgan fingerprint density at radius 1 is 1.11 bits per heavy atom. The minimum atomic E-state index is 0.202. The van der Waals surface area contributed by atoms with E-state index in [1.807, 2.05) is 17.4 Å². The number of nitrogens with one attached hydrogen (secondary N) is 1. The summed E-state index contributed by atoms with van der Waals surface area (Å²) >= 11 is 1.88. The number of aryl methyl sites for hydroxylation is 1. The molecule has 0 bridgehead atoms. The van der Waals surface area contributed by atoms with Gasteiger partial charge in [-0.2, -0.15) is 0 Å². The summed E-state index contributed by atoms with van der Waals surface area (Å²) in [5.41, 5.74) is 3.22. The number of anilines is 1. The number of nitrogens with zero attached hydrogens (tertiary/aromatic N) is 1. The van der Waals surface area contributed by atoms with E-state index < -0.39 is 0 Å². The van der Waals surface area contributed by atoms with Crippen LogP contribution in [-0.4, -0.2) is 23.9 Å². The molecule has 0 spiro atoms. The van der Waals surface area contributed by atoms with Gasteiger partial charge in [0.2, 0.25) is 0 Å². The van der Waals surface area contributed by atoms with Crippen LogP contribution in [0.25, 0.3) is 0 Å². The van der Waals surface area contributed by atoms with Gasteiger partial charge >= 0.3 is 0 Å². The first-order valence-corrected chi connectivity index (χ1v) is 11.5. The van der Waals surface area contributed by atoms with Gasteiger partial charge in [0.05, 0.1) is 17.3 Å². The van der Waals surface area contributed by atoms with Crippen molar-refractivity contribution in [1.29, 1.82) is 0 Å². The highest BCUT2D eigenvalue weighted by molar-refractivity contribution is 7.12. The number of benzene rings is 1. The molecule has 4 heteroatoms. The minimum absolute atomic E-state index is 0.202. The van der Waals surface area contributed by atoms with Crippen LogP contribution in [-0.2, 0) is 0 Å². The first-order valence-electron chi connectivity index (χ1n) is 10.6. The molecule has 3 aliphatic rings. The van der Waals surface area contributed by atoms with Crippen molar-refractivity contribution < 1.29 is 4.79 Å². The Bertz CT molecular complexity index is 907. The number of carbonyl (C=O) groups is 1. The van der Waals surface area contributed by atoms with Gasteiger partial charge in [-0.3, -0.25) is 4.79 Å². The Labute approximate surface area is 171 Å². The van der Waals surface area contributed by atoms with E-state index in [0.717, 1.165) is 43.6 Å². The molecule has 1 amide bonds. The molecular weight excluding hydrogens is 364 g/mol. The van der Waals surface area contributed by atoms with E-state index in [1.165, 1.54) is 28.2 Å². The third-order valence-electron chi connectivity index (χ3n) is 6.59. The lowest BCUT2D eigenvalue weighted by atomic mass is 9.78. The Morgan fingerprint density at radius 3 is 2.68 bits per heavy atom. The van der Waals surface area contributed by atoms with Crippen LogP contribution in [0.1, 0.15) is 69.7 Å². The second-order valence-corrected chi connectivity index (χ2v) is 9.72. The van der Waals surface area contributed by atoms with Gasteiger partial charge in [-0.25, -0.2) is 0 Å². The first-order chi connectivity index (χ1) is 13.7. The topological polar surface area (TPSA) is 32.3 Å². The Morgan fingerprint density at radius 2 is 1.93 bits per heavy atom. The van der Waals surface area contributed by atoms with E-state index >= 15 is 0 Å². The molecule has 2 aromatic rings. The molecule has 3 atom stereocenters. The van der Waals surface area contributed by atoms with Gasteiger partial charge in [0.15, 0.2) is 0 Å². The maximum absolute atomic E-state index is 13.4. The zero-order valence-corrected chi connectivity index (χ0v) is 17.3. The molecular formula is C24H28N2OS. The quantitative estimate of drug-likeness (QED) is 0.645. The normalized spacial score (nSPS) is 26.3. The fourth-order valence-corrected chi connectivity index (χ4v) is 6.15. The molecule has 1 aromatic carbocycles. The Hall–Kier alpha value is -2.07. The van der Waals surface area contributed by atoms with Gasteiger partial charge in [-0.15, -0.1) is 11.3 Å². The van der Waals surface area contributed by atoms with E-state index in [1.54, 1.807) is 0 Å². The number of para-hydroxylation sites is 1. The number of thiophene rings is 1. The number of rotatable bonds is 2. The van der Waals surface area contributed by atoms with Crippen LogP contribution in [0.3, 0.4) is 0 Å². The summed E-state index contributed by atoms with van der Waals surface area (Å²) in [6, 6.07) is 11.1. The summed E-state index contributed by atoms with van der Waals surface area (Å²) in [6.07, 6.45) is 10.5. The molecule has 2 aliphatic heterocycles. The number of hydrogen-bond acceptors (Lipinski definition) is 3. The molecule has 146 valence electrons. The van der Waals surface area contributed by atoms with Crippen molar-refractivity contribution in [2.24, 2.45) is 5.92 Å². The number of allylic oxidation sites excluding steroid dienone is 2. The van der Waals surface area contributed by atoms with E-state index in [0.29, 0.717) is 11.8 Å². The van der Waals surface area contributed by atoms with Gasteiger partial charge in [0, 0.05) is 28.8 Å². The summed E-state index contributed by atoms with van der Waals surface area (Å²) in [5.74, 6) is 1.14. The number of carbonyl (C=O) groups excluding carboxylic acids is 1. The van der Waals surface area contributed by atoms with Crippen molar-refractivity contribution in [1.82, 2.24) is 4.90 Å². The van der Waals surface area contributed by atoms with E-state index in [2.05, 4.69) is 53.6 Å². The first kappa shape index (κ1) is 18.0. The lowest BCUT2D eigenvalue weighted by Gasteiger charge is -2.38. The largest absolute Gasteiger partial charge is 0.376 e. The van der Waals surface area contributed by atoms with Crippen molar-refractivity contribution >= 4 is 22.9 Å². The second kappa shape index (κ2) is 7.40. The summed E-state index contributed by atoms with van der Waals surface area (Å²) < 4.78 is 0. The van der Waals surface area contributed by atoms with Crippen LogP contribution < -0.4 is 5.32 Å². The highest BCUT2D eigenvalue weighted by Gasteiger charge is 2.40. The summed E-state index contributed by atoms with van der Waals surface area (Å²) in [4.78, 5) is 18.2. The van der Waals surface area contributed by atoms with E-state index in [9.17, 15) is 4.79 Å². The zero-order valence-electron chi connectivity index (χ0n) is 16.5. The Balaban J connectivity index is 1.54. The second-order valence-electron chi connectivity index (χ2n) is 8.40. The van der Waals surface area contributed by atoms with E-state index in [4.69, 9.17) is 0 Å². The van der Waals surface area contributed by atoms with Crippen LogP contribution in [0.2, 0.25) is 0 Å². The van der Waals surface area contributed by atoms with Crippen molar-refractivity contribution in [2.45, 2.75) is 51.0 Å². The predicted molar refractivity (Wildman–Crippen MR) is 116 cm³/mol. The van der Waals surface area contributed by atoms with Gasteiger partial charge < -0.3 is 10.2 Å². The summed E-state index contributed by atoms with van der Waals surface area (Å²) in [5, 5.41) is 3.83. The highest BCUT2D eigenvalue weighted by Crippen LogP contribution is 2.51. The zero-order chi connectivity index (χ0) is 19.1. The maximum Gasteiger partial charge on any atom is 0.255 e. The number of amides is 1. The molecule has 3 heterocycles. The fourth-order valence-electron chi connectivity index (χ4n) is 5.15. The average molecular weight is 393 g/mol.